The van der Waals surface area contributed by atoms with E-state index in [2.05, 4.69) is 20.4 Å². The number of rotatable bonds is 19. The van der Waals surface area contributed by atoms with E-state index in [1.165, 1.54) is 77.0 Å². The zero-order valence-electron chi connectivity index (χ0n) is 25.1. The Hall–Kier alpha value is -2.75. The Morgan fingerprint density at radius 1 is 0.825 bits per heavy atom. The van der Waals surface area contributed by atoms with E-state index in [1.807, 2.05) is 30.3 Å². The van der Waals surface area contributed by atoms with Gasteiger partial charge in [-0.2, -0.15) is 0 Å². The number of allylic oxidation sites excluding steroid dienone is 1. The highest BCUT2D eigenvalue weighted by atomic mass is 16.5. The summed E-state index contributed by atoms with van der Waals surface area (Å²) >= 11 is 0. The van der Waals surface area contributed by atoms with Gasteiger partial charge in [0.15, 0.2) is 0 Å². The summed E-state index contributed by atoms with van der Waals surface area (Å²) in [7, 11) is 0. The van der Waals surface area contributed by atoms with Crippen LogP contribution in [0.25, 0.3) is 0 Å². The second kappa shape index (κ2) is 17.8. The van der Waals surface area contributed by atoms with Gasteiger partial charge < -0.3 is 14.2 Å². The fourth-order valence-electron chi connectivity index (χ4n) is 6.17. The molecule has 4 nitrogen and oxygen atoms in total. The highest BCUT2D eigenvalue weighted by Gasteiger charge is 2.36. The molecule has 1 aliphatic carbocycles. The third kappa shape index (κ3) is 10.7. The lowest BCUT2D eigenvalue weighted by atomic mass is 9.63. The number of unbranched alkanes of at least 4 members (excludes halogenated alkanes) is 5. The van der Waals surface area contributed by atoms with Crippen LogP contribution in [-0.2, 0) is 0 Å². The van der Waals surface area contributed by atoms with Gasteiger partial charge in [0.2, 0.25) is 0 Å². The van der Waals surface area contributed by atoms with Gasteiger partial charge in [0, 0.05) is 0 Å². The minimum Gasteiger partial charge on any atom is -0.494 e. The first-order valence-corrected chi connectivity index (χ1v) is 15.8. The maximum absolute atomic E-state index is 12.6. The van der Waals surface area contributed by atoms with E-state index < -0.39 is 0 Å². The molecule has 2 aromatic rings. The first-order chi connectivity index (χ1) is 19.6. The summed E-state index contributed by atoms with van der Waals surface area (Å²) in [5.41, 5.74) is 1.01. The van der Waals surface area contributed by atoms with Gasteiger partial charge in [-0.3, -0.25) is 0 Å². The van der Waals surface area contributed by atoms with Crippen LogP contribution >= 0.6 is 0 Å². The van der Waals surface area contributed by atoms with Crippen molar-refractivity contribution in [3.63, 3.8) is 0 Å². The third-order valence-corrected chi connectivity index (χ3v) is 8.65. The fraction of sp³-hybridized carbons (Fsp3) is 0.583. The maximum atomic E-state index is 12.6. The Labute approximate surface area is 243 Å². The molecule has 1 fully saturated rings. The van der Waals surface area contributed by atoms with Crippen LogP contribution in [-0.4, -0.2) is 19.2 Å². The number of benzene rings is 2. The third-order valence-electron chi connectivity index (χ3n) is 8.65. The van der Waals surface area contributed by atoms with E-state index in [4.69, 9.17) is 14.2 Å². The molecule has 2 aromatic carbocycles. The van der Waals surface area contributed by atoms with E-state index in [0.717, 1.165) is 43.3 Å². The summed E-state index contributed by atoms with van der Waals surface area (Å²) in [6.07, 6.45) is 20.8. The molecule has 1 aliphatic rings. The molecule has 220 valence electrons. The number of carbonyl (C=O) groups excluding carboxylic acids is 1. The van der Waals surface area contributed by atoms with Crippen molar-refractivity contribution in [2.45, 2.75) is 110 Å². The monoisotopic (exact) mass is 548 g/mol. The molecule has 1 saturated carbocycles. The van der Waals surface area contributed by atoms with Crippen LogP contribution in [0.2, 0.25) is 0 Å². The Kier molecular flexibility index (Phi) is 14.2. The van der Waals surface area contributed by atoms with Crippen molar-refractivity contribution < 1.29 is 19.0 Å². The molecular weight excluding hydrogens is 496 g/mol. The lowest BCUT2D eigenvalue weighted by Gasteiger charge is -2.43. The molecule has 0 radical (unpaired) electrons. The molecule has 0 amide bonds. The normalized spacial score (nSPS) is 15.2. The van der Waals surface area contributed by atoms with Crippen molar-refractivity contribution in [2.75, 3.05) is 13.2 Å². The van der Waals surface area contributed by atoms with Crippen LogP contribution in [0.1, 0.15) is 121 Å². The zero-order valence-corrected chi connectivity index (χ0v) is 25.1. The minimum atomic E-state index is -0.376. The highest BCUT2D eigenvalue weighted by molar-refractivity contribution is 5.91. The standard InChI is InChI=1S/C36H52O4/c1-4-6-7-8-9-10-14-28-38-32-19-17-31(18-20-32)35(37)40-34-23-21-33(22-24-34)39-29-15-27-36(30(3)16-5-2)25-12-11-13-26-36/h4,17-24,30H,1,5-16,25-29H2,2-3H3. The summed E-state index contributed by atoms with van der Waals surface area (Å²) in [4.78, 5) is 12.6. The van der Waals surface area contributed by atoms with Gasteiger partial charge in [-0.1, -0.05) is 71.3 Å². The minimum absolute atomic E-state index is 0.376. The molecule has 0 spiro atoms. The predicted octanol–water partition coefficient (Wildman–Crippen LogP) is 10.4. The molecule has 1 unspecified atom stereocenters. The number of hydrogen-bond donors (Lipinski definition) is 0. The molecular formula is C36H52O4. The van der Waals surface area contributed by atoms with Crippen molar-refractivity contribution >= 4 is 5.97 Å². The number of ether oxygens (including phenoxy) is 3. The van der Waals surface area contributed by atoms with Crippen LogP contribution in [0.15, 0.2) is 61.2 Å². The molecule has 0 heterocycles. The molecule has 0 N–H and O–H groups in total. The van der Waals surface area contributed by atoms with Gasteiger partial charge in [-0.15, -0.1) is 6.58 Å². The summed E-state index contributed by atoms with van der Waals surface area (Å²) in [6.45, 7) is 9.95. The van der Waals surface area contributed by atoms with Crippen LogP contribution in [0.3, 0.4) is 0 Å². The average molecular weight is 549 g/mol. The summed E-state index contributed by atoms with van der Waals surface area (Å²) in [5.74, 6) is 2.53. The number of carbonyl (C=O) groups is 1. The molecule has 0 aliphatic heterocycles. The van der Waals surface area contributed by atoms with E-state index in [9.17, 15) is 4.79 Å². The topological polar surface area (TPSA) is 44.8 Å². The predicted molar refractivity (Wildman–Crippen MR) is 166 cm³/mol. The van der Waals surface area contributed by atoms with Crippen molar-refractivity contribution in [3.05, 3.63) is 66.7 Å². The fourth-order valence-corrected chi connectivity index (χ4v) is 6.17. The quantitative estimate of drug-likeness (QED) is 0.0758. The largest absolute Gasteiger partial charge is 0.494 e. The van der Waals surface area contributed by atoms with E-state index in [1.54, 1.807) is 24.3 Å². The Morgan fingerprint density at radius 2 is 1.40 bits per heavy atom. The van der Waals surface area contributed by atoms with Gasteiger partial charge in [-0.05, 0) is 105 Å². The molecule has 4 heteroatoms. The average Bonchev–Trinajstić information content (AvgIpc) is 2.98. The number of hydrogen-bond acceptors (Lipinski definition) is 4. The molecule has 0 bridgehead atoms. The second-order valence-corrected chi connectivity index (χ2v) is 11.6. The van der Waals surface area contributed by atoms with Gasteiger partial charge >= 0.3 is 5.97 Å². The summed E-state index contributed by atoms with van der Waals surface area (Å²) in [5, 5.41) is 0. The van der Waals surface area contributed by atoms with Crippen LogP contribution in [0, 0.1) is 11.3 Å². The van der Waals surface area contributed by atoms with Crippen molar-refractivity contribution in [1.82, 2.24) is 0 Å². The lowest BCUT2D eigenvalue weighted by Crippen LogP contribution is -2.32. The first kappa shape index (κ1) is 31.8. The van der Waals surface area contributed by atoms with Crippen LogP contribution in [0.4, 0.5) is 0 Å². The Morgan fingerprint density at radius 3 is 2.05 bits per heavy atom. The molecule has 0 aromatic heterocycles. The molecule has 0 saturated heterocycles. The number of esters is 1. The van der Waals surface area contributed by atoms with Gasteiger partial charge in [0.05, 0.1) is 18.8 Å². The van der Waals surface area contributed by atoms with Gasteiger partial charge in [-0.25, -0.2) is 4.79 Å². The smallest absolute Gasteiger partial charge is 0.343 e. The molecule has 1 atom stereocenters. The van der Waals surface area contributed by atoms with Gasteiger partial charge in [0.1, 0.15) is 17.2 Å². The SMILES string of the molecule is C=CCCCCCCCOc1ccc(C(=O)Oc2ccc(OCCCC3(C(C)CCC)CCCCC3)cc2)cc1. The molecule has 40 heavy (non-hydrogen) atoms. The Bertz CT molecular complexity index is 973. The highest BCUT2D eigenvalue weighted by Crippen LogP contribution is 2.47. The van der Waals surface area contributed by atoms with E-state index in [0.29, 0.717) is 23.3 Å². The summed E-state index contributed by atoms with van der Waals surface area (Å²) < 4.78 is 17.4. The van der Waals surface area contributed by atoms with E-state index >= 15 is 0 Å². The van der Waals surface area contributed by atoms with Gasteiger partial charge in [0.25, 0.3) is 0 Å². The van der Waals surface area contributed by atoms with Crippen molar-refractivity contribution in [1.29, 1.82) is 0 Å². The van der Waals surface area contributed by atoms with Crippen molar-refractivity contribution in [2.24, 2.45) is 11.3 Å². The lowest BCUT2D eigenvalue weighted by molar-refractivity contribution is 0.0734. The van der Waals surface area contributed by atoms with E-state index in [-0.39, 0.29) is 5.97 Å². The zero-order chi connectivity index (χ0) is 28.5. The second-order valence-electron chi connectivity index (χ2n) is 11.6. The van der Waals surface area contributed by atoms with Crippen LogP contribution < -0.4 is 14.2 Å². The van der Waals surface area contributed by atoms with Crippen molar-refractivity contribution in [3.8, 4) is 17.2 Å². The molecule has 3 rings (SSSR count). The maximum Gasteiger partial charge on any atom is 0.343 e. The Balaban J connectivity index is 1.36. The van der Waals surface area contributed by atoms with Crippen LogP contribution in [0.5, 0.6) is 17.2 Å². The summed E-state index contributed by atoms with van der Waals surface area (Å²) in [6, 6.07) is 14.5. The first-order valence-electron chi connectivity index (χ1n) is 15.8.